The molecule has 2 rings (SSSR count). The Morgan fingerprint density at radius 2 is 1.93 bits per heavy atom. The van der Waals surface area contributed by atoms with Crippen LogP contribution in [0, 0.1) is 11.6 Å². The van der Waals surface area contributed by atoms with Crippen LogP contribution in [0.25, 0.3) is 10.9 Å². The summed E-state index contributed by atoms with van der Waals surface area (Å²) in [5.74, 6) is 0.728. The summed E-state index contributed by atoms with van der Waals surface area (Å²) in [5.41, 5.74) is 0.747. The number of aryl methyl sites for hydroxylation is 1. The summed E-state index contributed by atoms with van der Waals surface area (Å²) in [7, 11) is 0. The lowest BCUT2D eigenvalue weighted by Gasteiger charge is -2.03. The van der Waals surface area contributed by atoms with E-state index < -0.39 is 0 Å². The van der Waals surface area contributed by atoms with Gasteiger partial charge in [0.15, 0.2) is 0 Å². The van der Waals surface area contributed by atoms with E-state index in [0.29, 0.717) is 20.1 Å². The number of nitrogens with one attached hydrogen (secondary N) is 1. The van der Waals surface area contributed by atoms with Crippen molar-refractivity contribution in [2.75, 3.05) is 0 Å². The van der Waals surface area contributed by atoms with Crippen molar-refractivity contribution in [3.05, 3.63) is 32.6 Å². The first kappa shape index (κ1) is 9.90. The highest BCUT2D eigenvalue weighted by Gasteiger charge is 2.06. The van der Waals surface area contributed by atoms with Crippen molar-refractivity contribution in [2.24, 2.45) is 0 Å². The highest BCUT2D eigenvalue weighted by atomic mass is 35.5. The zero-order valence-corrected chi connectivity index (χ0v) is 9.59. The van der Waals surface area contributed by atoms with E-state index in [1.165, 1.54) is 0 Å². The van der Waals surface area contributed by atoms with Crippen LogP contribution in [0.4, 0.5) is 0 Å². The fraction of sp³-hybridized carbons (Fsp3) is 0.111. The Kier molecular flexibility index (Phi) is 2.47. The Morgan fingerprint density at radius 1 is 1.29 bits per heavy atom. The molecule has 0 amide bonds. The molecule has 0 bridgehead atoms. The summed E-state index contributed by atoms with van der Waals surface area (Å²) in [6.07, 6.45) is 0. The number of halogens is 2. The van der Waals surface area contributed by atoms with Crippen molar-refractivity contribution < 1.29 is 0 Å². The van der Waals surface area contributed by atoms with Gasteiger partial charge in [-0.1, -0.05) is 35.4 Å². The summed E-state index contributed by atoms with van der Waals surface area (Å²) in [6, 6.07) is 3.45. The molecule has 1 heterocycles. The van der Waals surface area contributed by atoms with Crippen molar-refractivity contribution >= 4 is 46.3 Å². The molecule has 0 radical (unpaired) electrons. The van der Waals surface area contributed by atoms with Gasteiger partial charge in [-0.05, 0) is 19.1 Å². The van der Waals surface area contributed by atoms with Gasteiger partial charge in [-0.2, -0.15) is 0 Å². The van der Waals surface area contributed by atoms with Gasteiger partial charge in [0.25, 0.3) is 0 Å². The highest BCUT2D eigenvalue weighted by molar-refractivity contribution is 7.71. The maximum atomic E-state index is 6.01. The average molecular weight is 245 g/mol. The van der Waals surface area contributed by atoms with Gasteiger partial charge in [0.1, 0.15) is 10.5 Å². The van der Waals surface area contributed by atoms with Crippen LogP contribution in [-0.2, 0) is 0 Å². The first-order chi connectivity index (χ1) is 6.59. The number of nitrogens with zero attached hydrogens (tertiary/aromatic N) is 1. The van der Waals surface area contributed by atoms with Crippen molar-refractivity contribution in [3.63, 3.8) is 0 Å². The SMILES string of the molecule is Cc1nc(=S)c2c(Cl)ccc(Cl)c2[nH]1. The van der Waals surface area contributed by atoms with Crippen LogP contribution in [0.1, 0.15) is 5.82 Å². The van der Waals surface area contributed by atoms with Gasteiger partial charge in [-0.15, -0.1) is 0 Å². The Balaban J connectivity index is 3.08. The van der Waals surface area contributed by atoms with E-state index in [-0.39, 0.29) is 0 Å². The van der Waals surface area contributed by atoms with E-state index >= 15 is 0 Å². The fourth-order valence-corrected chi connectivity index (χ4v) is 2.16. The molecule has 5 heteroatoms. The molecular weight excluding hydrogens is 239 g/mol. The van der Waals surface area contributed by atoms with Crippen molar-refractivity contribution in [1.82, 2.24) is 9.97 Å². The normalized spacial score (nSPS) is 10.8. The van der Waals surface area contributed by atoms with Gasteiger partial charge in [0.05, 0.1) is 20.9 Å². The van der Waals surface area contributed by atoms with Crippen LogP contribution < -0.4 is 0 Å². The molecular formula is C9H6Cl2N2S. The second-order valence-electron chi connectivity index (χ2n) is 2.91. The highest BCUT2D eigenvalue weighted by Crippen LogP contribution is 2.28. The third-order valence-corrected chi connectivity index (χ3v) is 2.82. The van der Waals surface area contributed by atoms with Crippen LogP contribution in [-0.4, -0.2) is 9.97 Å². The second-order valence-corrected chi connectivity index (χ2v) is 4.11. The standard InChI is InChI=1S/C9H6Cl2N2S/c1-4-12-8-6(11)3-2-5(10)7(8)9(14)13-4/h2-3H,1H3,(H,12,13,14). The first-order valence-corrected chi connectivity index (χ1v) is 5.10. The topological polar surface area (TPSA) is 28.7 Å². The molecule has 0 aliphatic carbocycles. The van der Waals surface area contributed by atoms with Crippen LogP contribution >= 0.6 is 35.4 Å². The van der Waals surface area contributed by atoms with E-state index in [2.05, 4.69) is 9.97 Å². The zero-order valence-electron chi connectivity index (χ0n) is 7.27. The summed E-state index contributed by atoms with van der Waals surface area (Å²) in [5, 5.41) is 1.87. The minimum atomic E-state index is 0.476. The number of fused-ring (bicyclic) bond motifs is 1. The summed E-state index contributed by atoms with van der Waals surface area (Å²) >= 11 is 17.1. The number of benzene rings is 1. The molecule has 1 aromatic heterocycles. The van der Waals surface area contributed by atoms with Gasteiger partial charge >= 0.3 is 0 Å². The first-order valence-electron chi connectivity index (χ1n) is 3.94. The molecule has 0 saturated carbocycles. The van der Waals surface area contributed by atoms with Crippen molar-refractivity contribution in [1.29, 1.82) is 0 Å². The minimum absolute atomic E-state index is 0.476. The maximum Gasteiger partial charge on any atom is 0.139 e. The zero-order chi connectivity index (χ0) is 10.3. The quantitative estimate of drug-likeness (QED) is 0.713. The molecule has 0 spiro atoms. The molecule has 0 aliphatic rings. The minimum Gasteiger partial charge on any atom is -0.342 e. The molecule has 0 saturated heterocycles. The lowest BCUT2D eigenvalue weighted by atomic mass is 10.2. The number of aromatic amines is 1. The van der Waals surface area contributed by atoms with Crippen LogP contribution in [0.2, 0.25) is 10.0 Å². The fourth-order valence-electron chi connectivity index (χ4n) is 1.30. The Morgan fingerprint density at radius 3 is 2.64 bits per heavy atom. The van der Waals surface area contributed by atoms with Gasteiger partial charge in [0, 0.05) is 0 Å². The lowest BCUT2D eigenvalue weighted by molar-refractivity contribution is 1.08. The molecule has 0 fully saturated rings. The monoisotopic (exact) mass is 244 g/mol. The third kappa shape index (κ3) is 1.52. The Labute approximate surface area is 95.9 Å². The summed E-state index contributed by atoms with van der Waals surface area (Å²) < 4.78 is 0.476. The molecule has 0 aliphatic heterocycles. The Hall–Kier alpha value is -0.640. The van der Waals surface area contributed by atoms with E-state index in [4.69, 9.17) is 35.4 Å². The second kappa shape index (κ2) is 3.50. The molecule has 72 valence electrons. The predicted octanol–water partition coefficient (Wildman–Crippen LogP) is 3.91. The largest absolute Gasteiger partial charge is 0.342 e. The maximum absolute atomic E-state index is 6.01. The lowest BCUT2D eigenvalue weighted by Crippen LogP contribution is -1.91. The Bertz CT molecular complexity index is 562. The van der Waals surface area contributed by atoms with E-state index in [1.54, 1.807) is 12.1 Å². The number of aromatic nitrogens is 2. The molecule has 2 aromatic rings. The number of hydrogen-bond acceptors (Lipinski definition) is 2. The van der Waals surface area contributed by atoms with Crippen LogP contribution in [0.5, 0.6) is 0 Å². The van der Waals surface area contributed by atoms with Crippen molar-refractivity contribution in [2.45, 2.75) is 6.92 Å². The molecule has 14 heavy (non-hydrogen) atoms. The predicted molar refractivity (Wildman–Crippen MR) is 61.7 cm³/mol. The molecule has 2 nitrogen and oxygen atoms in total. The van der Waals surface area contributed by atoms with E-state index in [0.717, 1.165) is 11.3 Å². The summed E-state index contributed by atoms with van der Waals surface area (Å²) in [4.78, 5) is 7.17. The third-order valence-electron chi connectivity index (χ3n) is 1.89. The molecule has 1 N–H and O–H groups in total. The number of rotatable bonds is 0. The number of hydrogen-bond donors (Lipinski definition) is 1. The molecule has 0 unspecified atom stereocenters. The van der Waals surface area contributed by atoms with Gasteiger partial charge in [-0.25, -0.2) is 4.98 Å². The smallest absolute Gasteiger partial charge is 0.139 e. The van der Waals surface area contributed by atoms with Gasteiger partial charge in [0.2, 0.25) is 0 Å². The molecule has 0 atom stereocenters. The van der Waals surface area contributed by atoms with Gasteiger partial charge in [-0.3, -0.25) is 0 Å². The van der Waals surface area contributed by atoms with Crippen LogP contribution in [0.15, 0.2) is 12.1 Å². The summed E-state index contributed by atoms with van der Waals surface area (Å²) in [6.45, 7) is 1.83. The van der Waals surface area contributed by atoms with Crippen molar-refractivity contribution in [3.8, 4) is 0 Å². The number of H-pyrrole nitrogens is 1. The van der Waals surface area contributed by atoms with E-state index in [9.17, 15) is 0 Å². The average Bonchev–Trinajstić information content (AvgIpc) is 2.10. The molecule has 1 aromatic carbocycles. The van der Waals surface area contributed by atoms with E-state index in [1.807, 2.05) is 6.92 Å². The van der Waals surface area contributed by atoms with Crippen LogP contribution in [0.3, 0.4) is 0 Å². The van der Waals surface area contributed by atoms with Gasteiger partial charge < -0.3 is 4.98 Å².